The summed E-state index contributed by atoms with van der Waals surface area (Å²) in [6.45, 7) is 0. The quantitative estimate of drug-likeness (QED) is 0.630. The van der Waals surface area contributed by atoms with Crippen LogP contribution in [0.5, 0.6) is 17.4 Å². The van der Waals surface area contributed by atoms with Crippen molar-refractivity contribution in [2.45, 2.75) is 12.6 Å². The van der Waals surface area contributed by atoms with Crippen LogP contribution in [0, 0.1) is 0 Å². The molecule has 29 heavy (non-hydrogen) atoms. The average Bonchev–Trinajstić information content (AvgIpc) is 2.69. The van der Waals surface area contributed by atoms with Crippen LogP contribution < -0.4 is 4.74 Å². The van der Waals surface area contributed by atoms with Gasteiger partial charge in [-0.25, -0.2) is 4.98 Å². The number of aromatic nitrogens is 2. The number of carbonyl (C=O) groups excluding carboxylic acids is 1. The molecular weight excluding hydrogens is 389 g/mol. The van der Waals surface area contributed by atoms with E-state index in [1.54, 1.807) is 12.1 Å². The number of aromatic hydroxyl groups is 2. The van der Waals surface area contributed by atoms with Gasteiger partial charge in [-0.15, -0.1) is 0 Å². The number of rotatable bonds is 5. The van der Waals surface area contributed by atoms with Gasteiger partial charge in [0.15, 0.2) is 5.69 Å². The molecule has 2 aromatic carbocycles. The first kappa shape index (κ1) is 20.1. The minimum absolute atomic E-state index is 0.0911. The van der Waals surface area contributed by atoms with Crippen LogP contribution in [0.4, 0.5) is 13.2 Å². The smallest absolute Gasteiger partial charge is 0.416 e. The molecule has 1 aromatic heterocycles. The van der Waals surface area contributed by atoms with Crippen LogP contribution in [0.2, 0.25) is 0 Å². The molecule has 0 spiro atoms. The monoisotopic (exact) mass is 404 g/mol. The number of carbonyl (C=O) groups is 1. The number of nitrogens with zero attached hydrogens (tertiary/aromatic N) is 2. The Labute approximate surface area is 163 Å². The van der Waals surface area contributed by atoms with Gasteiger partial charge in [0.1, 0.15) is 11.6 Å². The first-order valence-electron chi connectivity index (χ1n) is 8.33. The second-order valence-corrected chi connectivity index (χ2v) is 6.06. The van der Waals surface area contributed by atoms with E-state index in [-0.39, 0.29) is 29.1 Å². The Kier molecular flexibility index (Phi) is 5.40. The third-order valence-electron chi connectivity index (χ3n) is 4.10. The number of ether oxygens (including phenoxy) is 1. The van der Waals surface area contributed by atoms with E-state index in [1.165, 1.54) is 31.4 Å². The largest absolute Gasteiger partial charge is 0.502 e. The number of para-hydroxylation sites is 1. The maximum absolute atomic E-state index is 12.9. The van der Waals surface area contributed by atoms with E-state index in [1.807, 2.05) is 0 Å². The van der Waals surface area contributed by atoms with Crippen molar-refractivity contribution in [2.24, 2.45) is 0 Å². The average molecular weight is 404 g/mol. The van der Waals surface area contributed by atoms with Crippen molar-refractivity contribution in [3.63, 3.8) is 0 Å². The molecule has 9 heteroatoms. The van der Waals surface area contributed by atoms with Gasteiger partial charge < -0.3 is 14.9 Å². The molecule has 6 nitrogen and oxygen atoms in total. The molecule has 0 amide bonds. The highest BCUT2D eigenvalue weighted by atomic mass is 19.4. The summed E-state index contributed by atoms with van der Waals surface area (Å²) in [6.07, 6.45) is -4.71. The molecule has 0 aliphatic heterocycles. The first-order valence-corrected chi connectivity index (χ1v) is 8.33. The van der Waals surface area contributed by atoms with Gasteiger partial charge in [-0.2, -0.15) is 18.2 Å². The molecule has 0 atom stereocenters. The topological polar surface area (TPSA) is 92.5 Å². The Balaban J connectivity index is 1.99. The third-order valence-corrected chi connectivity index (χ3v) is 4.10. The number of ketones is 1. The number of methoxy groups -OCH3 is 1. The zero-order valence-electron chi connectivity index (χ0n) is 15.1. The minimum Gasteiger partial charge on any atom is -0.502 e. The van der Waals surface area contributed by atoms with Crippen molar-refractivity contribution >= 4 is 5.78 Å². The molecule has 2 N–H and O–H groups in total. The van der Waals surface area contributed by atoms with Gasteiger partial charge in [0.05, 0.1) is 18.2 Å². The Morgan fingerprint density at radius 2 is 1.79 bits per heavy atom. The SMILES string of the molecule is COc1ccccc1C(=O)c1nc(Cc2cccc(C(F)(F)F)c2)nc(O)c1O. The van der Waals surface area contributed by atoms with Crippen LogP contribution in [0.3, 0.4) is 0 Å². The molecule has 0 aliphatic rings. The van der Waals surface area contributed by atoms with E-state index in [9.17, 15) is 28.2 Å². The Morgan fingerprint density at radius 3 is 2.48 bits per heavy atom. The zero-order chi connectivity index (χ0) is 21.2. The Morgan fingerprint density at radius 1 is 1.07 bits per heavy atom. The summed E-state index contributed by atoms with van der Waals surface area (Å²) >= 11 is 0. The van der Waals surface area contributed by atoms with E-state index in [4.69, 9.17) is 4.74 Å². The molecule has 0 bridgehead atoms. The number of benzene rings is 2. The van der Waals surface area contributed by atoms with E-state index >= 15 is 0 Å². The first-order chi connectivity index (χ1) is 13.7. The van der Waals surface area contributed by atoms with Crippen molar-refractivity contribution in [2.75, 3.05) is 7.11 Å². The van der Waals surface area contributed by atoms with Gasteiger partial charge in [0.25, 0.3) is 5.88 Å². The summed E-state index contributed by atoms with van der Waals surface area (Å²) in [7, 11) is 1.36. The Hall–Kier alpha value is -3.62. The maximum atomic E-state index is 12.9. The van der Waals surface area contributed by atoms with Crippen LogP contribution in [-0.2, 0) is 12.6 Å². The van der Waals surface area contributed by atoms with E-state index in [0.717, 1.165) is 12.1 Å². The van der Waals surface area contributed by atoms with E-state index in [0.29, 0.717) is 0 Å². The lowest BCUT2D eigenvalue weighted by molar-refractivity contribution is -0.137. The summed E-state index contributed by atoms with van der Waals surface area (Å²) in [5.74, 6) is -2.30. The van der Waals surface area contributed by atoms with Crippen molar-refractivity contribution in [3.05, 3.63) is 76.7 Å². The summed E-state index contributed by atoms with van der Waals surface area (Å²) in [6, 6.07) is 10.7. The normalized spacial score (nSPS) is 11.3. The molecule has 3 rings (SSSR count). The van der Waals surface area contributed by atoms with E-state index in [2.05, 4.69) is 9.97 Å². The fraction of sp³-hybridized carbons (Fsp3) is 0.150. The van der Waals surface area contributed by atoms with Gasteiger partial charge in [-0.3, -0.25) is 4.79 Å². The van der Waals surface area contributed by atoms with Gasteiger partial charge in [-0.05, 0) is 23.8 Å². The number of halogens is 3. The lowest BCUT2D eigenvalue weighted by Gasteiger charge is -2.11. The van der Waals surface area contributed by atoms with Crippen LogP contribution >= 0.6 is 0 Å². The molecule has 150 valence electrons. The zero-order valence-corrected chi connectivity index (χ0v) is 15.1. The molecular formula is C20H15F3N2O4. The lowest BCUT2D eigenvalue weighted by Crippen LogP contribution is -2.10. The van der Waals surface area contributed by atoms with Crippen molar-refractivity contribution in [3.8, 4) is 17.4 Å². The fourth-order valence-electron chi connectivity index (χ4n) is 2.73. The summed E-state index contributed by atoms with van der Waals surface area (Å²) < 4.78 is 43.8. The van der Waals surface area contributed by atoms with Gasteiger partial charge in [0.2, 0.25) is 11.5 Å². The number of alkyl halides is 3. The third kappa shape index (κ3) is 4.29. The number of hydrogen-bond donors (Lipinski definition) is 2. The molecule has 0 fully saturated rings. The van der Waals surface area contributed by atoms with Crippen LogP contribution in [0.25, 0.3) is 0 Å². The summed E-state index contributed by atoms with van der Waals surface area (Å²) in [5, 5.41) is 19.9. The molecule has 1 heterocycles. The van der Waals surface area contributed by atoms with Crippen molar-refractivity contribution in [1.29, 1.82) is 0 Å². The van der Waals surface area contributed by atoms with Gasteiger partial charge in [0, 0.05) is 6.42 Å². The highest BCUT2D eigenvalue weighted by Gasteiger charge is 2.30. The lowest BCUT2D eigenvalue weighted by atomic mass is 10.1. The van der Waals surface area contributed by atoms with Crippen LogP contribution in [0.1, 0.15) is 33.0 Å². The molecule has 0 unspecified atom stereocenters. The summed E-state index contributed by atoms with van der Waals surface area (Å²) in [5.41, 5.74) is -1.01. The van der Waals surface area contributed by atoms with Crippen molar-refractivity contribution in [1.82, 2.24) is 9.97 Å². The highest BCUT2D eigenvalue weighted by Crippen LogP contribution is 2.32. The Bertz CT molecular complexity index is 1070. The summed E-state index contributed by atoms with van der Waals surface area (Å²) in [4.78, 5) is 20.4. The molecule has 3 aromatic rings. The number of hydrogen-bond acceptors (Lipinski definition) is 6. The molecule has 0 saturated carbocycles. The van der Waals surface area contributed by atoms with Crippen LogP contribution in [0.15, 0.2) is 48.5 Å². The molecule has 0 radical (unpaired) electrons. The second-order valence-electron chi connectivity index (χ2n) is 6.06. The van der Waals surface area contributed by atoms with Crippen LogP contribution in [-0.4, -0.2) is 33.1 Å². The molecule has 0 saturated heterocycles. The van der Waals surface area contributed by atoms with E-state index < -0.39 is 34.8 Å². The van der Waals surface area contributed by atoms with Crippen molar-refractivity contribution < 1.29 is 32.9 Å². The predicted octanol–water partition coefficient (Wildman–Crippen LogP) is 3.74. The standard InChI is InChI=1S/C20H15F3N2O4/c1-29-14-8-3-2-7-13(14)17(26)16-18(27)19(28)25-15(24-16)10-11-5-4-6-12(9-11)20(21,22)23/h2-9,27H,10H2,1H3,(H,24,25,28). The maximum Gasteiger partial charge on any atom is 0.416 e. The minimum atomic E-state index is -4.51. The highest BCUT2D eigenvalue weighted by molar-refractivity contribution is 6.11. The predicted molar refractivity (Wildman–Crippen MR) is 96.0 cm³/mol. The van der Waals surface area contributed by atoms with Gasteiger partial charge >= 0.3 is 6.18 Å². The molecule has 0 aliphatic carbocycles. The fourth-order valence-corrected chi connectivity index (χ4v) is 2.73. The van der Waals surface area contributed by atoms with Gasteiger partial charge in [-0.1, -0.05) is 30.3 Å². The second kappa shape index (κ2) is 7.78.